The lowest BCUT2D eigenvalue weighted by Gasteiger charge is -2.27. The van der Waals surface area contributed by atoms with Crippen LogP contribution in [0.25, 0.3) is 0 Å². The van der Waals surface area contributed by atoms with E-state index in [1.165, 1.54) is 83.5 Å². The van der Waals surface area contributed by atoms with Crippen LogP contribution in [0.1, 0.15) is 110 Å². The number of amides is 1. The van der Waals surface area contributed by atoms with Crippen molar-refractivity contribution in [3.05, 3.63) is 0 Å². The third-order valence-corrected chi connectivity index (χ3v) is 6.83. The number of rotatable bonds is 25. The van der Waals surface area contributed by atoms with E-state index >= 15 is 0 Å². The molecule has 0 rings (SSSR count). The molecule has 35 heavy (non-hydrogen) atoms. The summed E-state index contributed by atoms with van der Waals surface area (Å²) >= 11 is 0. The van der Waals surface area contributed by atoms with Crippen LogP contribution < -0.4 is 10.2 Å². The number of likely N-dealkylation sites (N-methyl/N-ethyl adjacent to an activating group) is 1. The van der Waals surface area contributed by atoms with Crippen LogP contribution in [0, 0.1) is 0 Å². The number of alkyl carbamates (subject to hydrolysis) is 1. The van der Waals surface area contributed by atoms with E-state index < -0.39 is 13.9 Å². The second-order valence-corrected chi connectivity index (χ2v) is 11.9. The maximum absolute atomic E-state index is 11.7. The van der Waals surface area contributed by atoms with E-state index in [1.54, 1.807) is 0 Å². The molecule has 0 aromatic heterocycles. The fourth-order valence-electron chi connectivity index (χ4n) is 3.60. The topological polar surface area (TPSA) is 96.9 Å². The number of nitrogens with zero attached hydrogens (tertiary/aromatic N) is 1. The molecular weight excluding hydrogens is 467 g/mol. The van der Waals surface area contributed by atoms with Gasteiger partial charge in [-0.05, 0) is 6.42 Å². The van der Waals surface area contributed by atoms with Crippen molar-refractivity contribution < 1.29 is 32.5 Å². The first-order valence-corrected chi connectivity index (χ1v) is 15.4. The van der Waals surface area contributed by atoms with E-state index in [2.05, 4.69) is 12.2 Å². The number of phosphoric ester groups is 1. The molecule has 8 nitrogen and oxygen atoms in total. The quantitative estimate of drug-likeness (QED) is 0.0873. The molecule has 9 heteroatoms. The van der Waals surface area contributed by atoms with E-state index in [4.69, 9.17) is 13.8 Å². The molecule has 0 radical (unpaired) electrons. The number of carbonyl (C=O) groups is 1. The first kappa shape index (κ1) is 34.3. The number of ether oxygens (including phenoxy) is 1. The molecule has 0 aliphatic carbocycles. The summed E-state index contributed by atoms with van der Waals surface area (Å²) in [6, 6.07) is 0. The van der Waals surface area contributed by atoms with Crippen LogP contribution in [0.4, 0.5) is 4.79 Å². The second-order valence-electron chi connectivity index (χ2n) is 10.5. The second kappa shape index (κ2) is 22.5. The molecule has 1 unspecified atom stereocenters. The van der Waals surface area contributed by atoms with Crippen molar-refractivity contribution in [2.45, 2.75) is 110 Å². The third-order valence-electron chi connectivity index (χ3n) is 5.83. The van der Waals surface area contributed by atoms with Crippen molar-refractivity contribution in [2.24, 2.45) is 0 Å². The molecule has 210 valence electrons. The molecule has 0 saturated heterocycles. The molecule has 0 saturated carbocycles. The lowest BCUT2D eigenvalue weighted by molar-refractivity contribution is -0.870. The van der Waals surface area contributed by atoms with Gasteiger partial charge < -0.3 is 28.5 Å². The summed E-state index contributed by atoms with van der Waals surface area (Å²) < 4.78 is 26.9. The first-order valence-electron chi connectivity index (χ1n) is 14.0. The highest BCUT2D eigenvalue weighted by atomic mass is 31.2. The summed E-state index contributed by atoms with van der Waals surface area (Å²) in [5.41, 5.74) is 0. The Kier molecular flexibility index (Phi) is 22.1. The van der Waals surface area contributed by atoms with Crippen molar-refractivity contribution in [1.29, 1.82) is 0 Å². The summed E-state index contributed by atoms with van der Waals surface area (Å²) in [4.78, 5) is 23.3. The Bertz CT molecular complexity index is 542. The Balaban J connectivity index is 3.37. The van der Waals surface area contributed by atoms with Crippen molar-refractivity contribution in [3.63, 3.8) is 0 Å². The lowest BCUT2D eigenvalue weighted by Crippen LogP contribution is -2.37. The molecule has 0 fully saturated rings. The lowest BCUT2D eigenvalue weighted by atomic mass is 10.0. The fraction of sp³-hybridized carbons (Fsp3) is 0.962. The number of phosphoric acid groups is 1. The predicted molar refractivity (Wildman–Crippen MR) is 141 cm³/mol. The molecule has 1 N–H and O–H groups in total. The van der Waals surface area contributed by atoms with Gasteiger partial charge in [-0.1, -0.05) is 96.8 Å². The van der Waals surface area contributed by atoms with Crippen molar-refractivity contribution >= 4 is 13.9 Å². The Morgan fingerprint density at radius 1 is 0.714 bits per heavy atom. The molecule has 0 aromatic carbocycles. The van der Waals surface area contributed by atoms with Gasteiger partial charge in [0.25, 0.3) is 7.82 Å². The molecule has 0 aromatic rings. The molecule has 0 heterocycles. The van der Waals surface area contributed by atoms with Crippen LogP contribution in [0.3, 0.4) is 0 Å². The SMILES string of the molecule is CCCCCCCCCCCCCCCCCNC(=O)OCCCOP(=O)([O-])OCC[N+](C)(C)C. The molecular formula is C26H55N2O6P. The van der Waals surface area contributed by atoms with Gasteiger partial charge in [0.2, 0.25) is 0 Å². The summed E-state index contributed by atoms with van der Waals surface area (Å²) in [5.74, 6) is 0. The van der Waals surface area contributed by atoms with Crippen LogP contribution in [0.2, 0.25) is 0 Å². The smallest absolute Gasteiger partial charge is 0.407 e. The minimum Gasteiger partial charge on any atom is -0.756 e. The minimum absolute atomic E-state index is 0.0719. The van der Waals surface area contributed by atoms with Gasteiger partial charge in [-0.2, -0.15) is 0 Å². The van der Waals surface area contributed by atoms with Crippen molar-refractivity contribution in [3.8, 4) is 0 Å². The first-order chi connectivity index (χ1) is 16.7. The maximum Gasteiger partial charge on any atom is 0.407 e. The monoisotopic (exact) mass is 522 g/mol. The van der Waals surface area contributed by atoms with Crippen LogP contribution in [-0.2, 0) is 18.3 Å². The van der Waals surface area contributed by atoms with E-state index in [9.17, 15) is 14.3 Å². The number of quaternary nitrogens is 1. The summed E-state index contributed by atoms with van der Waals surface area (Å²) in [7, 11) is 1.53. The van der Waals surface area contributed by atoms with E-state index in [1.807, 2.05) is 21.1 Å². The number of carbonyl (C=O) groups excluding carboxylic acids is 1. The Labute approximate surface area is 215 Å². The van der Waals surface area contributed by atoms with Crippen LogP contribution in [0.5, 0.6) is 0 Å². The molecule has 0 bridgehead atoms. The highest BCUT2D eigenvalue weighted by molar-refractivity contribution is 7.45. The number of hydrogen-bond donors (Lipinski definition) is 1. The van der Waals surface area contributed by atoms with Crippen LogP contribution in [0.15, 0.2) is 0 Å². The largest absolute Gasteiger partial charge is 0.756 e. The van der Waals surface area contributed by atoms with Crippen LogP contribution >= 0.6 is 7.82 Å². The maximum atomic E-state index is 11.7. The van der Waals surface area contributed by atoms with Gasteiger partial charge in [-0.3, -0.25) is 4.57 Å². The van der Waals surface area contributed by atoms with Crippen molar-refractivity contribution in [1.82, 2.24) is 5.32 Å². The molecule has 1 atom stereocenters. The van der Waals surface area contributed by atoms with Gasteiger partial charge in [0.1, 0.15) is 13.2 Å². The molecule has 0 spiro atoms. The van der Waals surface area contributed by atoms with Gasteiger partial charge >= 0.3 is 6.09 Å². The zero-order valence-electron chi connectivity index (χ0n) is 23.2. The van der Waals surface area contributed by atoms with Crippen molar-refractivity contribution in [2.75, 3.05) is 54.1 Å². The van der Waals surface area contributed by atoms with Gasteiger partial charge in [0.15, 0.2) is 0 Å². The van der Waals surface area contributed by atoms with Crippen LogP contribution in [-0.4, -0.2) is 64.6 Å². The summed E-state index contributed by atoms with van der Waals surface area (Å²) in [6.07, 6.45) is 19.5. The Morgan fingerprint density at radius 3 is 1.66 bits per heavy atom. The van der Waals surface area contributed by atoms with Gasteiger partial charge in [0.05, 0.1) is 34.4 Å². The number of nitrogens with one attached hydrogen (secondary N) is 1. The average molecular weight is 523 g/mol. The van der Waals surface area contributed by atoms with E-state index in [0.717, 1.165) is 12.8 Å². The highest BCUT2D eigenvalue weighted by Crippen LogP contribution is 2.38. The van der Waals surface area contributed by atoms with Gasteiger partial charge in [0, 0.05) is 13.0 Å². The zero-order valence-corrected chi connectivity index (χ0v) is 24.1. The normalized spacial score (nSPS) is 13.5. The minimum atomic E-state index is -4.31. The van der Waals surface area contributed by atoms with Gasteiger partial charge in [-0.25, -0.2) is 4.79 Å². The highest BCUT2D eigenvalue weighted by Gasteiger charge is 2.13. The standard InChI is InChI=1S/C26H55N2O6P/c1-5-6-7-8-9-10-11-12-13-14-15-16-17-18-19-21-27-26(29)32-23-20-24-33-35(30,31)34-25-22-28(2,3)4/h5-25H2,1-4H3,(H-,27,29,30,31). The Hall–Kier alpha value is -0.660. The fourth-order valence-corrected chi connectivity index (χ4v) is 4.33. The zero-order chi connectivity index (χ0) is 26.3. The third kappa shape index (κ3) is 27.8. The molecule has 0 aliphatic rings. The average Bonchev–Trinajstić information content (AvgIpc) is 2.77. The van der Waals surface area contributed by atoms with Gasteiger partial charge in [-0.15, -0.1) is 0 Å². The summed E-state index contributed by atoms with van der Waals surface area (Å²) in [6.45, 7) is 3.52. The van der Waals surface area contributed by atoms with E-state index in [0.29, 0.717) is 17.6 Å². The predicted octanol–water partition coefficient (Wildman–Crippen LogP) is 6.18. The number of unbranched alkanes of at least 4 members (excludes halogenated alkanes) is 14. The molecule has 0 aliphatic heterocycles. The number of hydrogen-bond acceptors (Lipinski definition) is 6. The Morgan fingerprint density at radius 2 is 1.17 bits per heavy atom. The van der Waals surface area contributed by atoms with E-state index in [-0.39, 0.29) is 26.2 Å². The summed E-state index contributed by atoms with van der Waals surface area (Å²) in [5, 5.41) is 2.73. The molecule has 1 amide bonds.